The lowest BCUT2D eigenvalue weighted by molar-refractivity contribution is -0.0320. The Morgan fingerprint density at radius 2 is 2.03 bits per heavy atom. The van der Waals surface area contributed by atoms with Crippen LogP contribution in [0.25, 0.3) is 0 Å². The van der Waals surface area contributed by atoms with Gasteiger partial charge in [-0.2, -0.15) is 0 Å². The second kappa shape index (κ2) is 13.1. The third kappa shape index (κ3) is 7.49. The molecule has 0 aliphatic carbocycles. The average molecular weight is 518 g/mol. The Morgan fingerprint density at radius 1 is 1.24 bits per heavy atom. The van der Waals surface area contributed by atoms with Gasteiger partial charge in [0.2, 0.25) is 0 Å². The van der Waals surface area contributed by atoms with Gasteiger partial charge >= 0.3 is 0 Å². The van der Waals surface area contributed by atoms with Crippen LogP contribution in [0.4, 0.5) is 5.69 Å². The Morgan fingerprint density at radius 3 is 2.79 bits per heavy atom. The van der Waals surface area contributed by atoms with Crippen molar-refractivity contribution >= 4 is 35.6 Å². The molecule has 1 atom stereocenters. The van der Waals surface area contributed by atoms with Gasteiger partial charge in [0, 0.05) is 52.5 Å². The van der Waals surface area contributed by atoms with E-state index in [-0.39, 0.29) is 24.0 Å². The van der Waals surface area contributed by atoms with Crippen LogP contribution in [-0.4, -0.2) is 71.7 Å². The van der Waals surface area contributed by atoms with Gasteiger partial charge < -0.3 is 29.7 Å². The number of nitrogens with one attached hydrogen (secondary N) is 2. The molecule has 3 rings (SSSR count). The summed E-state index contributed by atoms with van der Waals surface area (Å²) >= 11 is 0. The van der Waals surface area contributed by atoms with E-state index >= 15 is 0 Å². The summed E-state index contributed by atoms with van der Waals surface area (Å²) in [5, 5.41) is 6.94. The second-order valence-corrected chi connectivity index (χ2v) is 7.28. The second-order valence-electron chi connectivity index (χ2n) is 7.28. The molecule has 2 heterocycles. The van der Waals surface area contributed by atoms with Crippen LogP contribution in [0, 0.1) is 0 Å². The fourth-order valence-corrected chi connectivity index (χ4v) is 3.75. The fourth-order valence-electron chi connectivity index (χ4n) is 3.75. The first-order valence-corrected chi connectivity index (χ1v) is 10.3. The summed E-state index contributed by atoms with van der Waals surface area (Å²) in [6.07, 6.45) is 4.44. The van der Waals surface area contributed by atoms with Crippen molar-refractivity contribution in [3.05, 3.63) is 24.3 Å². The molecule has 0 aromatic heterocycles. The van der Waals surface area contributed by atoms with Crippen molar-refractivity contribution in [3.8, 4) is 5.75 Å². The molecule has 2 saturated heterocycles. The number of methoxy groups -OCH3 is 1. The normalized spacial score (nSPS) is 20.3. The number of nitrogens with zero attached hydrogens (tertiary/aromatic N) is 2. The first kappa shape index (κ1) is 24.0. The zero-order chi connectivity index (χ0) is 19.6. The first-order valence-electron chi connectivity index (χ1n) is 10.3. The average Bonchev–Trinajstić information content (AvgIpc) is 3.21. The molecule has 2 aliphatic heterocycles. The number of aliphatic imine (C=N–C) groups is 1. The highest BCUT2D eigenvalue weighted by Gasteiger charge is 2.25. The van der Waals surface area contributed by atoms with Crippen LogP contribution in [0.1, 0.15) is 25.7 Å². The van der Waals surface area contributed by atoms with Gasteiger partial charge in [-0.25, -0.2) is 0 Å². The lowest BCUT2D eigenvalue weighted by Crippen LogP contribution is -2.45. The molecule has 7 nitrogen and oxygen atoms in total. The summed E-state index contributed by atoms with van der Waals surface area (Å²) in [4.78, 5) is 6.73. The number of anilines is 1. The molecule has 1 aromatic rings. The van der Waals surface area contributed by atoms with Crippen molar-refractivity contribution in [1.29, 1.82) is 0 Å². The minimum Gasteiger partial charge on any atom is -0.495 e. The predicted octanol–water partition coefficient (Wildman–Crippen LogP) is 2.64. The zero-order valence-electron chi connectivity index (χ0n) is 17.6. The van der Waals surface area contributed by atoms with E-state index in [0.29, 0.717) is 12.1 Å². The number of benzene rings is 1. The quantitative estimate of drug-likeness (QED) is 0.239. The van der Waals surface area contributed by atoms with Crippen LogP contribution in [0.2, 0.25) is 0 Å². The molecule has 0 radical (unpaired) electrons. The van der Waals surface area contributed by atoms with Gasteiger partial charge in [-0.3, -0.25) is 4.99 Å². The van der Waals surface area contributed by atoms with Crippen molar-refractivity contribution in [1.82, 2.24) is 10.6 Å². The van der Waals surface area contributed by atoms with Crippen LogP contribution >= 0.6 is 24.0 Å². The molecule has 0 spiro atoms. The summed E-state index contributed by atoms with van der Waals surface area (Å²) < 4.78 is 16.8. The molecule has 2 aliphatic rings. The summed E-state index contributed by atoms with van der Waals surface area (Å²) in [5.74, 6) is 1.79. The Kier molecular flexibility index (Phi) is 10.9. The van der Waals surface area contributed by atoms with Gasteiger partial charge in [-0.15, -0.1) is 24.0 Å². The Bertz CT molecular complexity index is 626. The fraction of sp³-hybridized carbons (Fsp3) is 0.667. The number of ether oxygens (including phenoxy) is 3. The van der Waals surface area contributed by atoms with E-state index in [4.69, 9.17) is 14.2 Å². The topological polar surface area (TPSA) is 67.4 Å². The predicted molar refractivity (Wildman–Crippen MR) is 128 cm³/mol. The Labute approximate surface area is 191 Å². The molecule has 8 heteroatoms. The standard InChI is InChI=1S/C21H34N4O3.HI/c1-22-21(23-11-5-13-28-18-9-14-27-15-10-18)24-17-8-12-25(16-17)19-6-3-4-7-20(19)26-2;/h3-4,6-7,17-18H,5,8-16H2,1-2H3,(H2,22,23,24);1H. The monoisotopic (exact) mass is 518 g/mol. The highest BCUT2D eigenvalue weighted by Crippen LogP contribution is 2.30. The van der Waals surface area contributed by atoms with Crippen molar-refractivity contribution in [3.63, 3.8) is 0 Å². The Balaban J connectivity index is 0.00000300. The van der Waals surface area contributed by atoms with Crippen LogP contribution in [-0.2, 0) is 9.47 Å². The van der Waals surface area contributed by atoms with Gasteiger partial charge in [0.05, 0.1) is 18.9 Å². The third-order valence-corrected chi connectivity index (χ3v) is 5.31. The van der Waals surface area contributed by atoms with E-state index < -0.39 is 0 Å². The van der Waals surface area contributed by atoms with E-state index in [0.717, 1.165) is 82.5 Å². The van der Waals surface area contributed by atoms with Gasteiger partial charge in [-0.1, -0.05) is 12.1 Å². The highest BCUT2D eigenvalue weighted by molar-refractivity contribution is 14.0. The number of para-hydroxylation sites is 2. The van der Waals surface area contributed by atoms with Gasteiger partial charge in [0.25, 0.3) is 0 Å². The van der Waals surface area contributed by atoms with Crippen LogP contribution in [0.3, 0.4) is 0 Å². The minimum atomic E-state index is 0. The molecule has 0 amide bonds. The third-order valence-electron chi connectivity index (χ3n) is 5.31. The summed E-state index contributed by atoms with van der Waals surface area (Å²) in [5.41, 5.74) is 1.16. The van der Waals surface area contributed by atoms with E-state index in [2.05, 4.69) is 32.7 Å². The van der Waals surface area contributed by atoms with Gasteiger partial charge in [0.15, 0.2) is 5.96 Å². The van der Waals surface area contributed by atoms with Crippen molar-refractivity contribution < 1.29 is 14.2 Å². The summed E-state index contributed by atoms with van der Waals surface area (Å²) in [6.45, 7) is 5.23. The number of halogens is 1. The molecule has 2 N–H and O–H groups in total. The molecular weight excluding hydrogens is 483 g/mol. The van der Waals surface area contributed by atoms with Gasteiger partial charge in [0.1, 0.15) is 5.75 Å². The molecule has 2 fully saturated rings. The molecule has 0 bridgehead atoms. The van der Waals surface area contributed by atoms with E-state index in [9.17, 15) is 0 Å². The molecule has 1 unspecified atom stereocenters. The number of hydrogen-bond acceptors (Lipinski definition) is 5. The molecule has 0 saturated carbocycles. The molecule has 29 heavy (non-hydrogen) atoms. The number of rotatable bonds is 8. The van der Waals surface area contributed by atoms with E-state index in [1.165, 1.54) is 0 Å². The lowest BCUT2D eigenvalue weighted by Gasteiger charge is -2.23. The van der Waals surface area contributed by atoms with Crippen molar-refractivity contribution in [2.45, 2.75) is 37.8 Å². The minimum absolute atomic E-state index is 0. The lowest BCUT2D eigenvalue weighted by atomic mass is 10.1. The largest absolute Gasteiger partial charge is 0.495 e. The molecular formula is C21H35IN4O3. The highest BCUT2D eigenvalue weighted by atomic mass is 127. The van der Waals surface area contributed by atoms with Crippen LogP contribution in [0.5, 0.6) is 5.75 Å². The van der Waals surface area contributed by atoms with Crippen molar-refractivity contribution in [2.24, 2.45) is 4.99 Å². The SMILES string of the molecule is CN=C(NCCCOC1CCOCC1)NC1CCN(c2ccccc2OC)C1.I. The maximum absolute atomic E-state index is 5.92. The number of guanidine groups is 1. The smallest absolute Gasteiger partial charge is 0.191 e. The molecule has 1 aromatic carbocycles. The Hall–Kier alpha value is -1.26. The van der Waals surface area contributed by atoms with Crippen molar-refractivity contribution in [2.75, 3.05) is 58.5 Å². The van der Waals surface area contributed by atoms with Crippen LogP contribution < -0.4 is 20.3 Å². The summed E-state index contributed by atoms with van der Waals surface area (Å²) in [7, 11) is 3.54. The number of hydrogen-bond donors (Lipinski definition) is 2. The zero-order valence-corrected chi connectivity index (χ0v) is 19.9. The maximum atomic E-state index is 5.92. The van der Waals surface area contributed by atoms with Crippen LogP contribution in [0.15, 0.2) is 29.3 Å². The summed E-state index contributed by atoms with van der Waals surface area (Å²) in [6, 6.07) is 8.56. The first-order chi connectivity index (χ1) is 13.8. The molecule has 164 valence electrons. The van der Waals surface area contributed by atoms with E-state index in [1.807, 2.05) is 19.2 Å². The maximum Gasteiger partial charge on any atom is 0.191 e. The van der Waals surface area contributed by atoms with E-state index in [1.54, 1.807) is 7.11 Å². The van der Waals surface area contributed by atoms with Gasteiger partial charge in [-0.05, 0) is 37.8 Å².